The van der Waals surface area contributed by atoms with Gasteiger partial charge in [0.1, 0.15) is 10.5 Å². The second-order valence-corrected chi connectivity index (χ2v) is 7.69. The van der Waals surface area contributed by atoms with Gasteiger partial charge in [-0.05, 0) is 45.4 Å². The van der Waals surface area contributed by atoms with Gasteiger partial charge in [-0.2, -0.15) is 13.2 Å². The number of ether oxygens (including phenoxy) is 1. The first-order valence-electron chi connectivity index (χ1n) is 6.46. The maximum Gasteiger partial charge on any atom is 0.422 e. The Kier molecular flexibility index (Phi) is 5.95. The van der Waals surface area contributed by atoms with E-state index < -0.39 is 24.1 Å². The third-order valence-electron chi connectivity index (χ3n) is 2.62. The smallest absolute Gasteiger partial charge is 0.422 e. The molecule has 0 aliphatic heterocycles. The molecule has 0 aromatic heterocycles. The molecule has 0 amide bonds. The van der Waals surface area contributed by atoms with Crippen molar-refractivity contribution < 1.29 is 22.5 Å². The van der Waals surface area contributed by atoms with E-state index in [2.05, 4.69) is 9.46 Å². The van der Waals surface area contributed by atoms with Crippen LogP contribution in [0, 0.1) is 0 Å². The molecule has 3 nitrogen and oxygen atoms in total. The topological polar surface area (TPSA) is 44.3 Å². The maximum absolute atomic E-state index is 12.0. The highest BCUT2D eigenvalue weighted by atomic mass is 32.2. The molecule has 0 spiro atoms. The van der Waals surface area contributed by atoms with Crippen molar-refractivity contribution >= 4 is 11.4 Å². The summed E-state index contributed by atoms with van der Waals surface area (Å²) < 4.78 is 55.3. The zero-order chi connectivity index (χ0) is 16.3. The molecular formula is C14H20F3NO2S. The summed E-state index contributed by atoms with van der Waals surface area (Å²) in [6, 6.07) is 6.08. The van der Waals surface area contributed by atoms with E-state index in [0.29, 0.717) is 0 Å². The van der Waals surface area contributed by atoms with Crippen molar-refractivity contribution in [2.45, 2.75) is 44.7 Å². The molecule has 21 heavy (non-hydrogen) atoms. The largest absolute Gasteiger partial charge is 0.598 e. The highest BCUT2D eigenvalue weighted by Gasteiger charge is 2.29. The summed E-state index contributed by atoms with van der Waals surface area (Å²) in [5.74, 6) is 0.153. The highest BCUT2D eigenvalue weighted by Crippen LogP contribution is 2.23. The first-order chi connectivity index (χ1) is 9.49. The number of hydrogen-bond acceptors (Lipinski definition) is 3. The lowest BCUT2D eigenvalue weighted by atomic mass is 10.1. The molecule has 0 aliphatic rings. The summed E-state index contributed by atoms with van der Waals surface area (Å²) in [6.07, 6.45) is -4.35. The van der Waals surface area contributed by atoms with Crippen LogP contribution in [0.3, 0.4) is 0 Å². The Morgan fingerprint density at radius 3 is 2.14 bits per heavy atom. The summed E-state index contributed by atoms with van der Waals surface area (Å²) in [7, 11) is 0. The van der Waals surface area contributed by atoms with Gasteiger partial charge in [-0.15, -0.1) is 4.72 Å². The summed E-state index contributed by atoms with van der Waals surface area (Å²) in [5.41, 5.74) is 0.826. The van der Waals surface area contributed by atoms with E-state index in [1.807, 2.05) is 27.7 Å². The van der Waals surface area contributed by atoms with Gasteiger partial charge in [0.05, 0.1) is 6.04 Å². The van der Waals surface area contributed by atoms with E-state index in [0.717, 1.165) is 5.56 Å². The number of nitrogens with one attached hydrogen (secondary N) is 1. The van der Waals surface area contributed by atoms with Gasteiger partial charge in [-0.3, -0.25) is 0 Å². The standard InChI is InChI=1S/C14H20F3NO2S/c1-10(18-21(19)13(2,3)4)11-5-7-12(8-6-11)20-9-14(15,16)17/h5-8,10,18H,9H2,1-4H3. The summed E-state index contributed by atoms with van der Waals surface area (Å²) in [5, 5.41) is 0. The van der Waals surface area contributed by atoms with E-state index in [-0.39, 0.29) is 16.5 Å². The van der Waals surface area contributed by atoms with E-state index in [1.54, 1.807) is 12.1 Å². The van der Waals surface area contributed by atoms with Gasteiger partial charge < -0.3 is 9.29 Å². The molecule has 7 heteroatoms. The predicted octanol–water partition coefficient (Wildman–Crippen LogP) is 3.74. The lowest BCUT2D eigenvalue weighted by Crippen LogP contribution is -2.40. The number of hydrogen-bond donors (Lipinski definition) is 1. The fourth-order valence-corrected chi connectivity index (χ4v) is 2.23. The number of rotatable bonds is 5. The first kappa shape index (κ1) is 18.1. The van der Waals surface area contributed by atoms with Gasteiger partial charge in [0.25, 0.3) is 0 Å². The SMILES string of the molecule is CC(N[S+]([O-])C(C)(C)C)c1ccc(OCC(F)(F)F)cc1. The zero-order valence-corrected chi connectivity index (χ0v) is 13.3. The molecule has 120 valence electrons. The molecule has 0 heterocycles. The van der Waals surface area contributed by atoms with E-state index in [9.17, 15) is 17.7 Å². The molecule has 0 saturated carbocycles. The second-order valence-electron chi connectivity index (χ2n) is 5.69. The van der Waals surface area contributed by atoms with Gasteiger partial charge in [0.2, 0.25) is 0 Å². The molecule has 1 aromatic carbocycles. The monoisotopic (exact) mass is 323 g/mol. The summed E-state index contributed by atoms with van der Waals surface area (Å²) >= 11 is -1.22. The van der Waals surface area contributed by atoms with Crippen LogP contribution in [0.25, 0.3) is 0 Å². The predicted molar refractivity (Wildman–Crippen MR) is 77.4 cm³/mol. The fourth-order valence-electron chi connectivity index (χ4n) is 1.42. The van der Waals surface area contributed by atoms with Crippen LogP contribution in [0.2, 0.25) is 0 Å². The van der Waals surface area contributed by atoms with Gasteiger partial charge in [-0.1, -0.05) is 12.1 Å². The lowest BCUT2D eigenvalue weighted by Gasteiger charge is -2.26. The van der Waals surface area contributed by atoms with Crippen molar-refractivity contribution in [2.75, 3.05) is 6.61 Å². The Hall–Kier alpha value is -0.920. The summed E-state index contributed by atoms with van der Waals surface area (Å²) in [4.78, 5) is 0. The Morgan fingerprint density at radius 1 is 1.19 bits per heavy atom. The Labute approximate surface area is 126 Å². The van der Waals surface area contributed by atoms with Gasteiger partial charge >= 0.3 is 6.18 Å². The molecule has 0 aliphatic carbocycles. The molecule has 0 fully saturated rings. The van der Waals surface area contributed by atoms with Crippen molar-refractivity contribution in [2.24, 2.45) is 0 Å². The van der Waals surface area contributed by atoms with Gasteiger partial charge in [0.15, 0.2) is 6.61 Å². The molecule has 1 rings (SSSR count). The fraction of sp³-hybridized carbons (Fsp3) is 0.571. The van der Waals surface area contributed by atoms with Crippen LogP contribution in [0.4, 0.5) is 13.2 Å². The number of benzene rings is 1. The van der Waals surface area contributed by atoms with Crippen molar-refractivity contribution in [3.63, 3.8) is 0 Å². The second kappa shape index (κ2) is 6.89. The van der Waals surface area contributed by atoms with Crippen LogP contribution < -0.4 is 9.46 Å². The van der Waals surface area contributed by atoms with Crippen molar-refractivity contribution in [3.05, 3.63) is 29.8 Å². The molecule has 2 unspecified atom stereocenters. The molecule has 0 radical (unpaired) electrons. The zero-order valence-electron chi connectivity index (χ0n) is 12.5. The Bertz CT molecular complexity index is 443. The molecule has 2 atom stereocenters. The van der Waals surface area contributed by atoms with Crippen molar-refractivity contribution in [3.8, 4) is 5.75 Å². The number of alkyl halides is 3. The van der Waals surface area contributed by atoms with E-state index in [4.69, 9.17) is 0 Å². The normalized spacial score (nSPS) is 15.6. The molecule has 0 saturated heterocycles. The van der Waals surface area contributed by atoms with Crippen LogP contribution in [0.5, 0.6) is 5.75 Å². The van der Waals surface area contributed by atoms with Crippen molar-refractivity contribution in [1.82, 2.24) is 4.72 Å². The molecule has 1 N–H and O–H groups in total. The summed E-state index contributed by atoms with van der Waals surface area (Å²) in [6.45, 7) is 6.11. The average Bonchev–Trinajstić information content (AvgIpc) is 2.35. The van der Waals surface area contributed by atoms with E-state index >= 15 is 0 Å². The Morgan fingerprint density at radius 2 is 1.71 bits per heavy atom. The minimum atomic E-state index is -4.35. The first-order valence-corrected chi connectivity index (χ1v) is 7.61. The molecule has 1 aromatic rings. The van der Waals surface area contributed by atoms with Crippen LogP contribution in [-0.4, -0.2) is 22.1 Å². The van der Waals surface area contributed by atoms with Crippen LogP contribution >= 0.6 is 0 Å². The third kappa shape index (κ3) is 6.58. The molecule has 0 bridgehead atoms. The van der Waals surface area contributed by atoms with Crippen LogP contribution in [0.15, 0.2) is 24.3 Å². The van der Waals surface area contributed by atoms with Crippen LogP contribution in [0.1, 0.15) is 39.3 Å². The number of halogens is 3. The quantitative estimate of drug-likeness (QED) is 0.840. The van der Waals surface area contributed by atoms with Crippen molar-refractivity contribution in [1.29, 1.82) is 0 Å². The van der Waals surface area contributed by atoms with Gasteiger partial charge in [0, 0.05) is 11.4 Å². The average molecular weight is 323 g/mol. The van der Waals surface area contributed by atoms with E-state index in [1.165, 1.54) is 12.1 Å². The lowest BCUT2D eigenvalue weighted by molar-refractivity contribution is -0.153. The maximum atomic E-state index is 12.0. The minimum absolute atomic E-state index is 0.153. The van der Waals surface area contributed by atoms with Gasteiger partial charge in [-0.25, -0.2) is 0 Å². The minimum Gasteiger partial charge on any atom is -0.598 e. The highest BCUT2D eigenvalue weighted by molar-refractivity contribution is 7.90. The Balaban J connectivity index is 2.61. The van der Waals surface area contributed by atoms with Crippen LogP contribution in [-0.2, 0) is 11.4 Å². The third-order valence-corrected chi connectivity index (χ3v) is 4.30. The molecular weight excluding hydrogens is 303 g/mol.